The summed E-state index contributed by atoms with van der Waals surface area (Å²) >= 11 is 0. The minimum Gasteiger partial charge on any atom is -0.493 e. The van der Waals surface area contributed by atoms with Crippen LogP contribution in [0.5, 0.6) is 0 Å². The predicted molar refractivity (Wildman–Crippen MR) is 78.5 cm³/mol. The molecule has 9 heteroatoms. The molecule has 3 rings (SSSR count). The molecule has 1 aromatic heterocycles. The predicted octanol–water partition coefficient (Wildman–Crippen LogP) is -1.20. The van der Waals surface area contributed by atoms with Crippen LogP contribution >= 0.6 is 0 Å². The van der Waals surface area contributed by atoms with Crippen LogP contribution in [0, 0.1) is 0 Å². The molecule has 0 radical (unpaired) electrons. The van der Waals surface area contributed by atoms with Gasteiger partial charge in [0.2, 0.25) is 0 Å². The van der Waals surface area contributed by atoms with E-state index in [1.165, 1.54) is 11.1 Å². The van der Waals surface area contributed by atoms with Crippen molar-refractivity contribution < 1.29 is 18.9 Å². The Morgan fingerprint density at radius 3 is 2.36 bits per heavy atom. The summed E-state index contributed by atoms with van der Waals surface area (Å²) in [5.41, 5.74) is 0.329. The Morgan fingerprint density at radius 1 is 1.09 bits per heavy atom. The first kappa shape index (κ1) is 14.8. The van der Waals surface area contributed by atoms with Gasteiger partial charge >= 0.3 is 19.1 Å². The highest BCUT2D eigenvalue weighted by Crippen LogP contribution is 2.15. The third-order valence-corrected chi connectivity index (χ3v) is 3.59. The van der Waals surface area contributed by atoms with Gasteiger partial charge in [-0.1, -0.05) is 0 Å². The number of carbonyl (C=O) groups excluding carboxylic acids is 2. The zero-order valence-corrected chi connectivity index (χ0v) is 12.4. The third kappa shape index (κ3) is 3.36. The second-order valence-corrected chi connectivity index (χ2v) is 5.48. The van der Waals surface area contributed by atoms with E-state index in [0.717, 1.165) is 25.9 Å². The Hall–Kier alpha value is -2.16. The molecule has 0 aromatic carbocycles. The van der Waals surface area contributed by atoms with Crippen molar-refractivity contribution in [1.29, 1.82) is 0 Å². The van der Waals surface area contributed by atoms with E-state index in [0.29, 0.717) is 11.4 Å². The lowest BCUT2D eigenvalue weighted by Crippen LogP contribution is -2.49. The van der Waals surface area contributed by atoms with Crippen LogP contribution in [0.2, 0.25) is 0 Å². The van der Waals surface area contributed by atoms with Crippen molar-refractivity contribution in [2.24, 2.45) is 0 Å². The number of nitrogens with zero attached hydrogens (tertiary/aromatic N) is 4. The summed E-state index contributed by atoms with van der Waals surface area (Å²) in [7, 11) is 0.514. The monoisotopic (exact) mass is 304 g/mol. The Balaban J connectivity index is 1.80. The molecule has 0 N–H and O–H groups in total. The lowest BCUT2D eigenvalue weighted by molar-refractivity contribution is -0.145. The van der Waals surface area contributed by atoms with Crippen LogP contribution in [0.1, 0.15) is 12.8 Å². The first-order valence-electron chi connectivity index (χ1n) is 7.26. The second-order valence-electron chi connectivity index (χ2n) is 5.48. The minimum absolute atomic E-state index is 0.0326. The summed E-state index contributed by atoms with van der Waals surface area (Å²) in [5, 5.41) is 0. The number of rotatable bonds is 2. The van der Waals surface area contributed by atoms with E-state index in [4.69, 9.17) is 9.31 Å². The fourth-order valence-electron chi connectivity index (χ4n) is 2.54. The maximum Gasteiger partial charge on any atom is 0.658 e. The highest BCUT2D eigenvalue weighted by atomic mass is 16.6. The van der Waals surface area contributed by atoms with E-state index in [2.05, 4.69) is 14.9 Å². The number of carbonyl (C=O) groups is 2. The van der Waals surface area contributed by atoms with Crippen LogP contribution in [0.15, 0.2) is 12.4 Å². The third-order valence-electron chi connectivity index (χ3n) is 3.59. The molecule has 0 bridgehead atoms. The quantitative estimate of drug-likeness (QED) is 0.630. The van der Waals surface area contributed by atoms with E-state index >= 15 is 0 Å². The van der Waals surface area contributed by atoms with Gasteiger partial charge in [0.15, 0.2) is 0 Å². The molecule has 0 atom stereocenters. The Labute approximate surface area is 128 Å². The van der Waals surface area contributed by atoms with Crippen LogP contribution in [-0.2, 0) is 18.9 Å². The van der Waals surface area contributed by atoms with Crippen molar-refractivity contribution in [3.8, 4) is 0 Å². The number of anilines is 1. The van der Waals surface area contributed by atoms with Gasteiger partial charge in [-0.05, 0) is 19.9 Å². The average molecular weight is 304 g/mol. The average Bonchev–Trinajstić information content (AvgIpc) is 2.99. The minimum atomic E-state index is -1.14. The molecule has 2 aliphatic heterocycles. The molecule has 2 fully saturated rings. The first-order chi connectivity index (χ1) is 10.6. The fraction of sp³-hybridized carbons (Fsp3) is 0.538. The van der Waals surface area contributed by atoms with Crippen LogP contribution in [0.3, 0.4) is 0 Å². The van der Waals surface area contributed by atoms with Crippen molar-refractivity contribution >= 4 is 30.5 Å². The maximum atomic E-state index is 11.8. The van der Waals surface area contributed by atoms with E-state index in [1.54, 1.807) is 13.2 Å². The van der Waals surface area contributed by atoms with Crippen molar-refractivity contribution in [1.82, 2.24) is 14.9 Å². The summed E-state index contributed by atoms with van der Waals surface area (Å²) in [6, 6.07) is 0. The van der Waals surface area contributed by atoms with Gasteiger partial charge in [-0.2, -0.15) is 0 Å². The normalized spacial score (nSPS) is 20.4. The van der Waals surface area contributed by atoms with Gasteiger partial charge in [0.1, 0.15) is 11.4 Å². The zero-order chi connectivity index (χ0) is 15.5. The molecule has 0 amide bonds. The summed E-state index contributed by atoms with van der Waals surface area (Å²) in [5.74, 6) is -0.219. The van der Waals surface area contributed by atoms with Gasteiger partial charge in [0.05, 0.1) is 19.3 Å². The second kappa shape index (κ2) is 6.31. The molecular formula is C13H17BN4O4. The van der Waals surface area contributed by atoms with Gasteiger partial charge in [-0.25, -0.2) is 4.98 Å². The number of hydrogen-bond donors (Lipinski definition) is 0. The van der Waals surface area contributed by atoms with Gasteiger partial charge in [0.25, 0.3) is 0 Å². The lowest BCUT2D eigenvalue weighted by atomic mass is 9.84. The standard InChI is InChI=1S/C13H17BN4O4/c1-17-8-12(19)21-14(22-13(20)9-17)10-6-15-7-11(16-10)18-4-2-3-5-18/h6-7H,2-5,8-9H2,1H3. The molecule has 116 valence electrons. The molecule has 8 nitrogen and oxygen atoms in total. The molecule has 0 aliphatic carbocycles. The summed E-state index contributed by atoms with van der Waals surface area (Å²) < 4.78 is 10.4. The van der Waals surface area contributed by atoms with Crippen molar-refractivity contribution in [2.45, 2.75) is 12.8 Å². The molecule has 0 saturated carbocycles. The summed E-state index contributed by atoms with van der Waals surface area (Å²) in [6.45, 7) is 1.91. The highest BCUT2D eigenvalue weighted by molar-refractivity contribution is 6.63. The number of hydrogen-bond acceptors (Lipinski definition) is 8. The van der Waals surface area contributed by atoms with Gasteiger partial charge in [0, 0.05) is 19.3 Å². The van der Waals surface area contributed by atoms with Gasteiger partial charge in [-0.15, -0.1) is 0 Å². The molecule has 0 unspecified atom stereocenters. The Bertz CT molecular complexity index is 559. The van der Waals surface area contributed by atoms with Crippen molar-refractivity contribution in [2.75, 3.05) is 38.1 Å². The maximum absolute atomic E-state index is 11.8. The zero-order valence-electron chi connectivity index (χ0n) is 12.4. The molecule has 3 heterocycles. The smallest absolute Gasteiger partial charge is 0.493 e. The van der Waals surface area contributed by atoms with E-state index in [1.807, 2.05) is 0 Å². The summed E-state index contributed by atoms with van der Waals surface area (Å²) in [4.78, 5) is 35.7. The topological polar surface area (TPSA) is 84.9 Å². The first-order valence-corrected chi connectivity index (χ1v) is 7.26. The molecule has 2 saturated heterocycles. The van der Waals surface area contributed by atoms with Crippen LogP contribution in [-0.4, -0.2) is 67.2 Å². The van der Waals surface area contributed by atoms with Crippen LogP contribution < -0.4 is 10.5 Å². The Kier molecular flexibility index (Phi) is 4.23. The van der Waals surface area contributed by atoms with Gasteiger partial charge < -0.3 is 14.2 Å². The van der Waals surface area contributed by atoms with Crippen molar-refractivity contribution in [3.63, 3.8) is 0 Å². The fourth-order valence-corrected chi connectivity index (χ4v) is 2.54. The van der Waals surface area contributed by atoms with Crippen LogP contribution in [0.4, 0.5) is 5.82 Å². The largest absolute Gasteiger partial charge is 0.658 e. The van der Waals surface area contributed by atoms with E-state index in [-0.39, 0.29) is 13.1 Å². The van der Waals surface area contributed by atoms with Gasteiger partial charge in [-0.3, -0.25) is 19.5 Å². The molecule has 2 aliphatic rings. The van der Waals surface area contributed by atoms with E-state index in [9.17, 15) is 9.59 Å². The van der Waals surface area contributed by atoms with Crippen LogP contribution in [0.25, 0.3) is 0 Å². The summed E-state index contributed by atoms with van der Waals surface area (Å²) in [6.07, 6.45) is 5.35. The lowest BCUT2D eigenvalue weighted by Gasteiger charge is -2.22. The van der Waals surface area contributed by atoms with E-state index < -0.39 is 19.1 Å². The molecular weight excluding hydrogens is 287 g/mol. The number of likely N-dealkylation sites (N-methyl/N-ethyl adjacent to an activating group) is 1. The SMILES string of the molecule is CN1CC(=O)OB(c2cncc(N3CCCC3)n2)OC(=O)C1. The Morgan fingerprint density at radius 2 is 1.73 bits per heavy atom. The molecule has 0 spiro atoms. The molecule has 1 aromatic rings. The van der Waals surface area contributed by atoms with Crippen molar-refractivity contribution in [3.05, 3.63) is 12.4 Å². The molecule has 22 heavy (non-hydrogen) atoms. The number of aromatic nitrogens is 2. The highest BCUT2D eigenvalue weighted by Gasteiger charge is 2.36.